The van der Waals surface area contributed by atoms with E-state index < -0.39 is 0 Å². The molecule has 4 heteroatoms. The molecule has 0 bridgehead atoms. The summed E-state index contributed by atoms with van der Waals surface area (Å²) in [5.74, 6) is 0.372. The minimum absolute atomic E-state index is 0.372. The summed E-state index contributed by atoms with van der Waals surface area (Å²) in [6, 6.07) is 5.60. The van der Waals surface area contributed by atoms with Gasteiger partial charge >= 0.3 is 0 Å². The lowest BCUT2D eigenvalue weighted by atomic mass is 10.1. The monoisotopic (exact) mass is 191 g/mol. The highest BCUT2D eigenvalue weighted by Crippen LogP contribution is 2.18. The van der Waals surface area contributed by atoms with Crippen molar-refractivity contribution in [2.45, 2.75) is 5.88 Å². The summed E-state index contributed by atoms with van der Waals surface area (Å²) in [6.07, 6.45) is 1.60. The molecular weight excluding hydrogens is 186 g/mol. The SMILES string of the molecule is N#Cc1cc(CCl)c2nc[nH]c2c1. The molecule has 0 saturated heterocycles. The highest BCUT2D eigenvalue weighted by atomic mass is 35.5. The smallest absolute Gasteiger partial charge is 0.0992 e. The topological polar surface area (TPSA) is 52.5 Å². The first kappa shape index (κ1) is 8.09. The van der Waals surface area contributed by atoms with E-state index in [0.717, 1.165) is 16.6 Å². The van der Waals surface area contributed by atoms with Gasteiger partial charge < -0.3 is 4.98 Å². The molecule has 2 aromatic rings. The molecular formula is C9H6ClN3. The van der Waals surface area contributed by atoms with E-state index in [1.54, 1.807) is 18.5 Å². The molecule has 0 amide bonds. The van der Waals surface area contributed by atoms with E-state index in [0.29, 0.717) is 11.4 Å². The number of rotatable bonds is 1. The van der Waals surface area contributed by atoms with Crippen LogP contribution < -0.4 is 0 Å². The molecule has 0 aliphatic rings. The molecule has 64 valence electrons. The van der Waals surface area contributed by atoms with Crippen LogP contribution in [0.5, 0.6) is 0 Å². The van der Waals surface area contributed by atoms with E-state index in [-0.39, 0.29) is 0 Å². The van der Waals surface area contributed by atoms with Crippen molar-refractivity contribution in [3.05, 3.63) is 29.6 Å². The zero-order valence-corrected chi connectivity index (χ0v) is 7.47. The van der Waals surface area contributed by atoms with Crippen molar-refractivity contribution in [1.29, 1.82) is 5.26 Å². The second kappa shape index (κ2) is 3.08. The second-order valence-corrected chi connectivity index (χ2v) is 2.95. The maximum Gasteiger partial charge on any atom is 0.0992 e. The summed E-state index contributed by atoms with van der Waals surface area (Å²) in [5.41, 5.74) is 3.19. The van der Waals surface area contributed by atoms with E-state index in [9.17, 15) is 0 Å². The quantitative estimate of drug-likeness (QED) is 0.703. The number of H-pyrrole nitrogens is 1. The first-order chi connectivity index (χ1) is 6.35. The van der Waals surface area contributed by atoms with Gasteiger partial charge in [0.2, 0.25) is 0 Å². The van der Waals surface area contributed by atoms with Crippen molar-refractivity contribution in [1.82, 2.24) is 9.97 Å². The number of aromatic amines is 1. The molecule has 0 fully saturated rings. The molecule has 0 aliphatic carbocycles. The predicted molar refractivity (Wildman–Crippen MR) is 50.4 cm³/mol. The molecule has 1 aromatic heterocycles. The van der Waals surface area contributed by atoms with Gasteiger partial charge in [-0.3, -0.25) is 0 Å². The van der Waals surface area contributed by atoms with Gasteiger partial charge in [0.15, 0.2) is 0 Å². The average Bonchev–Trinajstić information content (AvgIpc) is 2.63. The first-order valence-electron chi connectivity index (χ1n) is 3.77. The molecule has 1 N–H and O–H groups in total. The van der Waals surface area contributed by atoms with Crippen LogP contribution in [-0.4, -0.2) is 9.97 Å². The fourth-order valence-corrected chi connectivity index (χ4v) is 1.49. The lowest BCUT2D eigenvalue weighted by Crippen LogP contribution is -1.84. The van der Waals surface area contributed by atoms with Crippen molar-refractivity contribution >= 4 is 22.6 Å². The molecule has 0 aliphatic heterocycles. The van der Waals surface area contributed by atoms with Crippen LogP contribution >= 0.6 is 11.6 Å². The maximum atomic E-state index is 8.73. The first-order valence-corrected chi connectivity index (χ1v) is 4.30. The Morgan fingerprint density at radius 3 is 3.08 bits per heavy atom. The van der Waals surface area contributed by atoms with Gasteiger partial charge in [-0.15, -0.1) is 11.6 Å². The van der Waals surface area contributed by atoms with E-state index in [2.05, 4.69) is 16.0 Å². The third-order valence-corrected chi connectivity index (χ3v) is 2.16. The molecule has 0 saturated carbocycles. The number of alkyl halides is 1. The van der Waals surface area contributed by atoms with Gasteiger partial charge in [0.05, 0.1) is 29.0 Å². The lowest BCUT2D eigenvalue weighted by molar-refractivity contribution is 1.33. The van der Waals surface area contributed by atoms with Gasteiger partial charge in [-0.05, 0) is 17.7 Å². The molecule has 0 unspecified atom stereocenters. The number of hydrogen-bond donors (Lipinski definition) is 1. The zero-order chi connectivity index (χ0) is 9.26. The van der Waals surface area contributed by atoms with Crippen LogP contribution in [0.15, 0.2) is 18.5 Å². The molecule has 1 heterocycles. The number of aromatic nitrogens is 2. The Hall–Kier alpha value is -1.53. The zero-order valence-electron chi connectivity index (χ0n) is 6.71. The van der Waals surface area contributed by atoms with Crippen LogP contribution in [0.25, 0.3) is 11.0 Å². The number of fused-ring (bicyclic) bond motifs is 1. The molecule has 0 spiro atoms. The Morgan fingerprint density at radius 2 is 2.38 bits per heavy atom. The van der Waals surface area contributed by atoms with Crippen molar-refractivity contribution in [3.63, 3.8) is 0 Å². The van der Waals surface area contributed by atoms with Gasteiger partial charge in [-0.2, -0.15) is 5.26 Å². The molecule has 3 nitrogen and oxygen atoms in total. The molecule has 0 atom stereocenters. The number of halogens is 1. The average molecular weight is 192 g/mol. The lowest BCUT2D eigenvalue weighted by Gasteiger charge is -1.97. The number of hydrogen-bond acceptors (Lipinski definition) is 2. The number of nitrogens with one attached hydrogen (secondary N) is 1. The minimum atomic E-state index is 0.372. The Kier molecular flexibility index (Phi) is 1.91. The van der Waals surface area contributed by atoms with Crippen LogP contribution in [0.2, 0.25) is 0 Å². The maximum absolute atomic E-state index is 8.73. The van der Waals surface area contributed by atoms with Crippen LogP contribution in [-0.2, 0) is 5.88 Å². The summed E-state index contributed by atoms with van der Waals surface area (Å²) >= 11 is 5.73. The number of benzene rings is 1. The van der Waals surface area contributed by atoms with Crippen LogP contribution in [0.3, 0.4) is 0 Å². The highest BCUT2D eigenvalue weighted by Gasteiger charge is 2.04. The van der Waals surface area contributed by atoms with E-state index in [4.69, 9.17) is 16.9 Å². The van der Waals surface area contributed by atoms with Crippen molar-refractivity contribution in [2.75, 3.05) is 0 Å². The third kappa shape index (κ3) is 1.25. The molecule has 2 rings (SSSR count). The van der Waals surface area contributed by atoms with Crippen LogP contribution in [0, 0.1) is 11.3 Å². The summed E-state index contributed by atoms with van der Waals surface area (Å²) in [5, 5.41) is 8.73. The van der Waals surface area contributed by atoms with Gasteiger partial charge in [0, 0.05) is 5.88 Å². The van der Waals surface area contributed by atoms with Crippen molar-refractivity contribution in [3.8, 4) is 6.07 Å². The van der Waals surface area contributed by atoms with Crippen LogP contribution in [0.1, 0.15) is 11.1 Å². The van der Waals surface area contributed by atoms with E-state index in [1.807, 2.05) is 0 Å². The fraction of sp³-hybridized carbons (Fsp3) is 0.111. The number of nitrogens with zero attached hydrogens (tertiary/aromatic N) is 2. The van der Waals surface area contributed by atoms with Gasteiger partial charge in [0.25, 0.3) is 0 Å². The summed E-state index contributed by atoms with van der Waals surface area (Å²) in [4.78, 5) is 7.06. The van der Waals surface area contributed by atoms with Gasteiger partial charge in [0.1, 0.15) is 0 Å². The predicted octanol–water partition coefficient (Wildman–Crippen LogP) is 2.17. The van der Waals surface area contributed by atoms with Gasteiger partial charge in [-0.1, -0.05) is 0 Å². The number of imidazole rings is 1. The highest BCUT2D eigenvalue weighted by molar-refractivity contribution is 6.17. The van der Waals surface area contributed by atoms with E-state index in [1.165, 1.54) is 0 Å². The Labute approximate surface area is 80.0 Å². The number of nitriles is 1. The second-order valence-electron chi connectivity index (χ2n) is 2.68. The Morgan fingerprint density at radius 1 is 1.54 bits per heavy atom. The Bertz CT molecular complexity index is 481. The van der Waals surface area contributed by atoms with E-state index >= 15 is 0 Å². The standard InChI is InChI=1S/C9H6ClN3/c10-3-7-1-6(4-11)2-8-9(7)13-5-12-8/h1-2,5H,3H2,(H,12,13). The molecule has 1 aromatic carbocycles. The molecule has 0 radical (unpaired) electrons. The summed E-state index contributed by atoms with van der Waals surface area (Å²) in [6.45, 7) is 0. The van der Waals surface area contributed by atoms with Crippen molar-refractivity contribution < 1.29 is 0 Å². The fourth-order valence-electron chi connectivity index (χ4n) is 1.29. The largest absolute Gasteiger partial charge is 0.345 e. The summed E-state index contributed by atoms with van der Waals surface area (Å²) in [7, 11) is 0. The minimum Gasteiger partial charge on any atom is -0.345 e. The van der Waals surface area contributed by atoms with Crippen LogP contribution in [0.4, 0.5) is 0 Å². The van der Waals surface area contributed by atoms with Gasteiger partial charge in [-0.25, -0.2) is 4.98 Å². The summed E-state index contributed by atoms with van der Waals surface area (Å²) < 4.78 is 0. The molecule has 13 heavy (non-hydrogen) atoms. The third-order valence-electron chi connectivity index (χ3n) is 1.88. The normalized spacial score (nSPS) is 10.2. The van der Waals surface area contributed by atoms with Crippen molar-refractivity contribution in [2.24, 2.45) is 0 Å². The Balaban J connectivity index is 2.79.